The number of sulfonamides is 1. The Hall–Kier alpha value is -1.34. The summed E-state index contributed by atoms with van der Waals surface area (Å²) in [5.74, 6) is 0.646. The number of hydrogen-bond donors (Lipinski definition) is 1. The number of halogens is 5. The number of hydrogen-bond acceptors (Lipinski definition) is 3. The van der Waals surface area contributed by atoms with Crippen LogP contribution >= 0.6 is 58.0 Å². The van der Waals surface area contributed by atoms with Gasteiger partial charge in [-0.2, -0.15) is 0 Å². The monoisotopic (exact) mass is 495 g/mol. The van der Waals surface area contributed by atoms with Crippen molar-refractivity contribution >= 4 is 73.7 Å². The number of anilines is 1. The maximum Gasteiger partial charge on any atom is 0.263 e. The zero-order valence-electron chi connectivity index (χ0n) is 13.7. The van der Waals surface area contributed by atoms with Gasteiger partial charge in [0.1, 0.15) is 16.4 Å². The van der Waals surface area contributed by atoms with E-state index < -0.39 is 10.0 Å². The lowest BCUT2D eigenvalue weighted by atomic mass is 10.3. The molecule has 0 aromatic heterocycles. The van der Waals surface area contributed by atoms with Crippen molar-refractivity contribution in [1.29, 1.82) is 0 Å². The second kappa shape index (κ2) is 8.57. The van der Waals surface area contributed by atoms with E-state index in [1.54, 1.807) is 12.1 Å². The average molecular weight is 498 g/mol. The van der Waals surface area contributed by atoms with Gasteiger partial charge in [0.05, 0.1) is 20.8 Å². The summed E-state index contributed by atoms with van der Waals surface area (Å²) in [4.78, 5) is -0.108. The molecule has 0 amide bonds. The Morgan fingerprint density at radius 2 is 1.21 bits per heavy atom. The van der Waals surface area contributed by atoms with Crippen LogP contribution in [0.2, 0.25) is 25.1 Å². The molecule has 0 unspecified atom stereocenters. The summed E-state index contributed by atoms with van der Waals surface area (Å²) >= 11 is 29.9. The maximum atomic E-state index is 12.6. The number of rotatable bonds is 5. The molecule has 3 aromatic carbocycles. The molecule has 0 fully saturated rings. The Morgan fingerprint density at radius 1 is 0.679 bits per heavy atom. The molecule has 3 aromatic rings. The van der Waals surface area contributed by atoms with Gasteiger partial charge in [0, 0.05) is 10.0 Å². The SMILES string of the molecule is O=S(=O)(Nc1ccc(Oc2ccc(Cl)cc2Cl)c(Cl)c1)c1ccc(Cl)cc1Cl. The molecule has 146 valence electrons. The topological polar surface area (TPSA) is 55.4 Å². The molecular weight excluding hydrogens is 488 g/mol. The van der Waals surface area contributed by atoms with Crippen molar-refractivity contribution in [3.63, 3.8) is 0 Å². The van der Waals surface area contributed by atoms with Crippen LogP contribution in [-0.4, -0.2) is 8.42 Å². The predicted octanol–water partition coefficient (Wildman–Crippen LogP) is 7.55. The minimum atomic E-state index is -3.94. The van der Waals surface area contributed by atoms with Crippen molar-refractivity contribution in [3.8, 4) is 11.5 Å². The van der Waals surface area contributed by atoms with Crippen molar-refractivity contribution in [3.05, 3.63) is 79.7 Å². The fourth-order valence-corrected chi connectivity index (χ4v) is 4.72. The Bertz CT molecular complexity index is 1150. The average Bonchev–Trinajstić information content (AvgIpc) is 2.58. The van der Waals surface area contributed by atoms with E-state index in [-0.39, 0.29) is 20.6 Å². The molecule has 3 rings (SSSR count). The predicted molar refractivity (Wildman–Crippen MR) is 115 cm³/mol. The lowest BCUT2D eigenvalue weighted by Crippen LogP contribution is -2.13. The summed E-state index contributed by atoms with van der Waals surface area (Å²) in [6, 6.07) is 13.2. The van der Waals surface area contributed by atoms with E-state index in [1.807, 2.05) is 0 Å². The van der Waals surface area contributed by atoms with Gasteiger partial charge < -0.3 is 4.74 Å². The molecule has 0 aliphatic heterocycles. The summed E-state index contributed by atoms with van der Waals surface area (Å²) in [7, 11) is -3.94. The quantitative estimate of drug-likeness (QED) is 0.396. The van der Waals surface area contributed by atoms with E-state index in [4.69, 9.17) is 62.7 Å². The third-order valence-electron chi connectivity index (χ3n) is 3.48. The molecule has 28 heavy (non-hydrogen) atoms. The van der Waals surface area contributed by atoms with E-state index in [0.29, 0.717) is 26.6 Å². The molecule has 0 saturated carbocycles. The number of ether oxygens (including phenoxy) is 1. The second-order valence-corrected chi connectivity index (χ2v) is 9.25. The third-order valence-corrected chi connectivity index (χ3v) is 6.41. The number of nitrogens with one attached hydrogen (secondary N) is 1. The molecular formula is C18H10Cl5NO3S. The zero-order chi connectivity index (χ0) is 20.5. The van der Waals surface area contributed by atoms with Crippen LogP contribution in [0, 0.1) is 0 Å². The van der Waals surface area contributed by atoms with Crippen LogP contribution < -0.4 is 9.46 Å². The molecule has 0 saturated heterocycles. The highest BCUT2D eigenvalue weighted by Crippen LogP contribution is 2.36. The Morgan fingerprint density at radius 3 is 1.79 bits per heavy atom. The summed E-state index contributed by atoms with van der Waals surface area (Å²) < 4.78 is 33.2. The Balaban J connectivity index is 1.84. The summed E-state index contributed by atoms with van der Waals surface area (Å²) in [6.07, 6.45) is 0. The molecule has 0 heterocycles. The molecule has 0 atom stereocenters. The highest BCUT2D eigenvalue weighted by atomic mass is 35.5. The molecule has 0 aliphatic rings. The normalized spacial score (nSPS) is 11.3. The summed E-state index contributed by atoms with van der Waals surface area (Å²) in [5.41, 5.74) is 0.227. The molecule has 10 heteroatoms. The fraction of sp³-hybridized carbons (Fsp3) is 0. The van der Waals surface area contributed by atoms with Gasteiger partial charge >= 0.3 is 0 Å². The lowest BCUT2D eigenvalue weighted by molar-refractivity contribution is 0.483. The molecule has 0 bridgehead atoms. The molecule has 0 radical (unpaired) electrons. The van der Waals surface area contributed by atoms with Crippen LogP contribution in [0.15, 0.2) is 59.5 Å². The second-order valence-electron chi connectivity index (χ2n) is 5.50. The Kier molecular flexibility index (Phi) is 6.54. The van der Waals surface area contributed by atoms with Crippen LogP contribution in [0.1, 0.15) is 0 Å². The van der Waals surface area contributed by atoms with Gasteiger partial charge in [-0.25, -0.2) is 8.42 Å². The maximum absolute atomic E-state index is 12.6. The summed E-state index contributed by atoms with van der Waals surface area (Å²) in [6.45, 7) is 0. The van der Waals surface area contributed by atoms with Gasteiger partial charge in [-0.05, 0) is 54.6 Å². The van der Waals surface area contributed by atoms with Crippen molar-refractivity contribution in [1.82, 2.24) is 0 Å². The first kappa shape index (κ1) is 21.4. The highest BCUT2D eigenvalue weighted by Gasteiger charge is 2.19. The first-order valence-electron chi connectivity index (χ1n) is 7.56. The van der Waals surface area contributed by atoms with E-state index in [9.17, 15) is 8.42 Å². The molecule has 4 nitrogen and oxygen atoms in total. The lowest BCUT2D eigenvalue weighted by Gasteiger charge is -2.13. The Labute approximate surface area is 186 Å². The molecule has 1 N–H and O–H groups in total. The van der Waals surface area contributed by atoms with Crippen molar-refractivity contribution < 1.29 is 13.2 Å². The standard InChI is InChI=1S/C18H10Cl5NO3S/c19-10-1-4-16(13(21)7-10)27-17-5-3-12(9-14(17)22)24-28(25,26)18-6-2-11(20)8-15(18)23/h1-9,24H. The van der Waals surface area contributed by atoms with E-state index >= 15 is 0 Å². The highest BCUT2D eigenvalue weighted by molar-refractivity contribution is 7.92. The minimum absolute atomic E-state index is 0.00318. The zero-order valence-corrected chi connectivity index (χ0v) is 18.3. The van der Waals surface area contributed by atoms with Crippen molar-refractivity contribution in [2.45, 2.75) is 4.90 Å². The summed E-state index contributed by atoms with van der Waals surface area (Å²) in [5, 5.41) is 1.28. The van der Waals surface area contributed by atoms with E-state index in [1.165, 1.54) is 42.5 Å². The van der Waals surface area contributed by atoms with Crippen LogP contribution in [0.4, 0.5) is 5.69 Å². The van der Waals surface area contributed by atoms with Crippen LogP contribution in [0.3, 0.4) is 0 Å². The van der Waals surface area contributed by atoms with Gasteiger partial charge in [0.15, 0.2) is 0 Å². The van der Waals surface area contributed by atoms with E-state index in [0.717, 1.165) is 0 Å². The molecule has 0 aliphatic carbocycles. The van der Waals surface area contributed by atoms with Gasteiger partial charge in [-0.3, -0.25) is 4.72 Å². The third kappa shape index (κ3) is 4.98. The van der Waals surface area contributed by atoms with Crippen molar-refractivity contribution in [2.75, 3.05) is 4.72 Å². The van der Waals surface area contributed by atoms with Gasteiger partial charge in [0.2, 0.25) is 0 Å². The minimum Gasteiger partial charge on any atom is -0.454 e. The smallest absolute Gasteiger partial charge is 0.263 e. The number of benzene rings is 3. The first-order chi connectivity index (χ1) is 13.2. The first-order valence-corrected chi connectivity index (χ1v) is 10.9. The van der Waals surface area contributed by atoms with E-state index in [2.05, 4.69) is 4.72 Å². The molecule has 0 spiro atoms. The fourth-order valence-electron chi connectivity index (χ4n) is 2.23. The van der Waals surface area contributed by atoms with Gasteiger partial charge in [-0.15, -0.1) is 0 Å². The van der Waals surface area contributed by atoms with Gasteiger partial charge in [-0.1, -0.05) is 58.0 Å². The largest absolute Gasteiger partial charge is 0.454 e. The van der Waals surface area contributed by atoms with Crippen LogP contribution in [0.5, 0.6) is 11.5 Å². The van der Waals surface area contributed by atoms with Gasteiger partial charge in [0.25, 0.3) is 10.0 Å². The van der Waals surface area contributed by atoms with Crippen molar-refractivity contribution in [2.24, 2.45) is 0 Å². The van der Waals surface area contributed by atoms with Crippen LogP contribution in [0.25, 0.3) is 0 Å². The van der Waals surface area contributed by atoms with Crippen LogP contribution in [-0.2, 0) is 10.0 Å².